The highest BCUT2D eigenvalue weighted by Crippen LogP contribution is 2.22. The van der Waals surface area contributed by atoms with E-state index in [4.69, 9.17) is 0 Å². The van der Waals surface area contributed by atoms with Crippen LogP contribution in [0, 0.1) is 6.92 Å². The van der Waals surface area contributed by atoms with Crippen LogP contribution >= 0.6 is 27.3 Å². The Morgan fingerprint density at radius 3 is 3.07 bits per heavy atom. The average molecular weight is 288 g/mol. The Labute approximate surface area is 102 Å². The van der Waals surface area contributed by atoms with Crippen molar-refractivity contribution in [2.24, 2.45) is 0 Å². The van der Waals surface area contributed by atoms with Crippen molar-refractivity contribution in [1.82, 2.24) is 4.90 Å². The molecule has 0 aliphatic carbocycles. The van der Waals surface area contributed by atoms with Gasteiger partial charge in [-0.2, -0.15) is 11.3 Å². The number of amides is 1. The summed E-state index contributed by atoms with van der Waals surface area (Å²) in [5.74, 6) is 0.242. The van der Waals surface area contributed by atoms with Crippen molar-refractivity contribution in [2.75, 3.05) is 6.54 Å². The van der Waals surface area contributed by atoms with Crippen LogP contribution in [-0.4, -0.2) is 22.2 Å². The molecule has 1 aliphatic rings. The molecule has 0 bridgehead atoms. The number of rotatable bonds is 2. The molecule has 2 rings (SSSR count). The van der Waals surface area contributed by atoms with E-state index in [-0.39, 0.29) is 10.7 Å². The lowest BCUT2D eigenvalue weighted by Gasteiger charge is -2.29. The van der Waals surface area contributed by atoms with Crippen molar-refractivity contribution in [1.29, 1.82) is 0 Å². The van der Waals surface area contributed by atoms with Gasteiger partial charge in [0.1, 0.15) is 0 Å². The summed E-state index contributed by atoms with van der Waals surface area (Å²) in [5, 5.41) is 4.27. The van der Waals surface area contributed by atoms with Crippen LogP contribution < -0.4 is 0 Å². The van der Waals surface area contributed by atoms with E-state index < -0.39 is 0 Å². The van der Waals surface area contributed by atoms with Crippen LogP contribution in [0.4, 0.5) is 0 Å². The molecule has 0 saturated carbocycles. The van der Waals surface area contributed by atoms with E-state index in [2.05, 4.69) is 33.6 Å². The quantitative estimate of drug-likeness (QED) is 0.766. The zero-order chi connectivity index (χ0) is 10.8. The number of nitrogens with zero attached hydrogens (tertiary/aromatic N) is 1. The van der Waals surface area contributed by atoms with E-state index in [0.29, 0.717) is 0 Å². The minimum Gasteiger partial charge on any atom is -0.337 e. The molecule has 1 fully saturated rings. The first kappa shape index (κ1) is 11.1. The largest absolute Gasteiger partial charge is 0.337 e. The monoisotopic (exact) mass is 287 g/mol. The van der Waals surface area contributed by atoms with Gasteiger partial charge in [-0.25, -0.2) is 0 Å². The number of piperidine rings is 1. The Morgan fingerprint density at radius 1 is 1.60 bits per heavy atom. The molecule has 1 unspecified atom stereocenters. The highest BCUT2D eigenvalue weighted by atomic mass is 79.9. The third-order valence-corrected chi connectivity index (χ3v) is 4.55. The minimum atomic E-state index is 0.0326. The highest BCUT2D eigenvalue weighted by Gasteiger charge is 2.26. The van der Waals surface area contributed by atoms with Crippen molar-refractivity contribution in [3.63, 3.8) is 0 Å². The number of carbonyl (C=O) groups excluding carboxylic acids is 1. The lowest BCUT2D eigenvalue weighted by molar-refractivity contribution is -0.133. The fourth-order valence-corrected chi connectivity index (χ4v) is 3.27. The molecule has 1 atom stereocenters. The fourth-order valence-electron chi connectivity index (χ4n) is 1.80. The van der Waals surface area contributed by atoms with Gasteiger partial charge in [0, 0.05) is 13.1 Å². The summed E-state index contributed by atoms with van der Waals surface area (Å²) in [6.45, 7) is 3.78. The smallest absolute Gasteiger partial charge is 0.236 e. The van der Waals surface area contributed by atoms with Crippen molar-refractivity contribution < 1.29 is 4.79 Å². The number of likely N-dealkylation sites (tertiary alicyclic amines) is 1. The lowest BCUT2D eigenvalue weighted by atomic mass is 10.1. The molecule has 0 radical (unpaired) electrons. The molecule has 1 aromatic rings. The number of hydrogen-bond acceptors (Lipinski definition) is 2. The van der Waals surface area contributed by atoms with Gasteiger partial charge in [-0.3, -0.25) is 4.79 Å². The second-order valence-electron chi connectivity index (χ2n) is 3.95. The first-order valence-corrected chi connectivity index (χ1v) is 6.99. The SMILES string of the molecule is Cc1cscc1CN1CCCC(Br)C1=O. The lowest BCUT2D eigenvalue weighted by Crippen LogP contribution is -2.41. The maximum Gasteiger partial charge on any atom is 0.236 e. The molecule has 1 aliphatic heterocycles. The van der Waals surface area contributed by atoms with Gasteiger partial charge in [0.15, 0.2) is 0 Å². The summed E-state index contributed by atoms with van der Waals surface area (Å²) >= 11 is 5.14. The number of hydrogen-bond donors (Lipinski definition) is 0. The predicted molar refractivity (Wildman–Crippen MR) is 66.4 cm³/mol. The molecule has 0 aromatic carbocycles. The maximum atomic E-state index is 11.8. The molecule has 15 heavy (non-hydrogen) atoms. The van der Waals surface area contributed by atoms with Crippen LogP contribution in [-0.2, 0) is 11.3 Å². The molecule has 1 saturated heterocycles. The summed E-state index contributed by atoms with van der Waals surface area (Å²) in [5.41, 5.74) is 2.58. The molecule has 2 nitrogen and oxygen atoms in total. The van der Waals surface area contributed by atoms with Gasteiger partial charge in [0.2, 0.25) is 5.91 Å². The van der Waals surface area contributed by atoms with Gasteiger partial charge in [0.05, 0.1) is 4.83 Å². The van der Waals surface area contributed by atoms with Crippen molar-refractivity contribution in [3.05, 3.63) is 21.9 Å². The zero-order valence-electron chi connectivity index (χ0n) is 8.70. The van der Waals surface area contributed by atoms with Gasteiger partial charge in [-0.15, -0.1) is 0 Å². The Kier molecular flexibility index (Phi) is 3.46. The van der Waals surface area contributed by atoms with Gasteiger partial charge < -0.3 is 4.90 Å². The Balaban J connectivity index is 2.05. The maximum absolute atomic E-state index is 11.8. The third-order valence-electron chi connectivity index (χ3n) is 2.79. The number of alkyl halides is 1. The van der Waals surface area contributed by atoms with Gasteiger partial charge in [-0.1, -0.05) is 15.9 Å². The summed E-state index contributed by atoms with van der Waals surface area (Å²) in [6.07, 6.45) is 2.07. The number of carbonyl (C=O) groups is 1. The number of aryl methyl sites for hydroxylation is 1. The third kappa shape index (κ3) is 2.42. The van der Waals surface area contributed by atoms with Crippen LogP contribution in [0.1, 0.15) is 24.0 Å². The first-order chi connectivity index (χ1) is 7.18. The van der Waals surface area contributed by atoms with Crippen LogP contribution in [0.25, 0.3) is 0 Å². The second-order valence-corrected chi connectivity index (χ2v) is 5.80. The topological polar surface area (TPSA) is 20.3 Å². The van der Waals surface area contributed by atoms with Crippen molar-refractivity contribution in [3.8, 4) is 0 Å². The van der Waals surface area contributed by atoms with Crippen LogP contribution in [0.2, 0.25) is 0 Å². The molecule has 82 valence electrons. The van der Waals surface area contributed by atoms with Crippen molar-refractivity contribution in [2.45, 2.75) is 31.1 Å². The number of thiophene rings is 1. The van der Waals surface area contributed by atoms with Gasteiger partial charge >= 0.3 is 0 Å². The van der Waals surface area contributed by atoms with Crippen molar-refractivity contribution >= 4 is 33.2 Å². The molecule has 2 heterocycles. The molecular weight excluding hydrogens is 274 g/mol. The molecular formula is C11H14BrNOS. The Bertz CT molecular complexity index is 363. The van der Waals surface area contributed by atoms with E-state index >= 15 is 0 Å². The minimum absolute atomic E-state index is 0.0326. The average Bonchev–Trinajstić information content (AvgIpc) is 2.60. The highest BCUT2D eigenvalue weighted by molar-refractivity contribution is 9.10. The summed E-state index contributed by atoms with van der Waals surface area (Å²) in [6, 6.07) is 0. The summed E-state index contributed by atoms with van der Waals surface area (Å²) in [4.78, 5) is 13.8. The van der Waals surface area contributed by atoms with E-state index in [1.807, 2.05) is 4.90 Å². The first-order valence-electron chi connectivity index (χ1n) is 5.13. The number of halogens is 1. The van der Waals surface area contributed by atoms with E-state index in [0.717, 1.165) is 25.9 Å². The van der Waals surface area contributed by atoms with Crippen LogP contribution in [0.5, 0.6) is 0 Å². The second kappa shape index (κ2) is 4.66. The van der Waals surface area contributed by atoms with E-state index in [1.165, 1.54) is 11.1 Å². The predicted octanol–water partition coefficient (Wildman–Crippen LogP) is 2.94. The Morgan fingerprint density at radius 2 is 2.40 bits per heavy atom. The van der Waals surface area contributed by atoms with Crippen LogP contribution in [0.3, 0.4) is 0 Å². The molecule has 0 N–H and O–H groups in total. The van der Waals surface area contributed by atoms with E-state index in [9.17, 15) is 4.79 Å². The van der Waals surface area contributed by atoms with Gasteiger partial charge in [0.25, 0.3) is 0 Å². The van der Waals surface area contributed by atoms with Gasteiger partial charge in [-0.05, 0) is 41.7 Å². The standard InChI is InChI=1S/C11H14BrNOS/c1-8-6-15-7-9(8)5-13-4-2-3-10(12)11(13)14/h6-7,10H,2-5H2,1H3. The summed E-state index contributed by atoms with van der Waals surface area (Å²) in [7, 11) is 0. The van der Waals surface area contributed by atoms with Crippen LogP contribution in [0.15, 0.2) is 10.8 Å². The summed E-state index contributed by atoms with van der Waals surface area (Å²) < 4.78 is 0. The normalized spacial score (nSPS) is 22.1. The molecule has 4 heteroatoms. The zero-order valence-corrected chi connectivity index (χ0v) is 11.1. The fraction of sp³-hybridized carbons (Fsp3) is 0.545. The molecule has 1 aromatic heterocycles. The molecule has 0 spiro atoms. The molecule has 1 amide bonds. The van der Waals surface area contributed by atoms with E-state index in [1.54, 1.807) is 11.3 Å². The Hall–Kier alpha value is -0.350.